The van der Waals surface area contributed by atoms with Crippen LogP contribution >= 0.6 is 15.9 Å². The van der Waals surface area contributed by atoms with E-state index in [1.54, 1.807) is 25.1 Å². The highest BCUT2D eigenvalue weighted by atomic mass is 79.9. The van der Waals surface area contributed by atoms with E-state index in [2.05, 4.69) is 26.5 Å². The van der Waals surface area contributed by atoms with Gasteiger partial charge in [-0.2, -0.15) is 5.10 Å². The summed E-state index contributed by atoms with van der Waals surface area (Å²) in [6.45, 7) is 3.94. The van der Waals surface area contributed by atoms with Crippen LogP contribution in [0.3, 0.4) is 0 Å². The Hall–Kier alpha value is -2.28. The van der Waals surface area contributed by atoms with Crippen molar-refractivity contribution in [3.63, 3.8) is 0 Å². The number of phenolic OH excluding ortho intramolecular Hbond substituents is 1. The maximum Gasteiger partial charge on any atom is 0.274 e. The number of nitrogens with one attached hydrogen (secondary N) is 1. The zero-order valence-corrected chi connectivity index (χ0v) is 13.7. The Morgan fingerprint density at radius 1 is 1.55 bits per heavy atom. The molecule has 2 N–H and O–H groups in total. The van der Waals surface area contributed by atoms with Crippen LogP contribution in [0.2, 0.25) is 0 Å². The molecule has 0 radical (unpaired) electrons. The van der Waals surface area contributed by atoms with Crippen LogP contribution in [0, 0.1) is 6.92 Å². The molecule has 1 heterocycles. The number of hydrazone groups is 1. The van der Waals surface area contributed by atoms with Gasteiger partial charge in [0.2, 0.25) is 0 Å². The highest BCUT2D eigenvalue weighted by molar-refractivity contribution is 9.10. The highest BCUT2D eigenvalue weighted by Crippen LogP contribution is 2.32. The normalized spacial score (nSPS) is 10.9. The number of rotatable bonds is 5. The maximum atomic E-state index is 11.9. The molecule has 0 saturated carbocycles. The zero-order valence-electron chi connectivity index (χ0n) is 12.1. The number of halogens is 1. The van der Waals surface area contributed by atoms with Crippen LogP contribution in [0.25, 0.3) is 0 Å². The van der Waals surface area contributed by atoms with E-state index in [1.165, 1.54) is 12.5 Å². The second kappa shape index (κ2) is 7.13. The molecule has 22 heavy (non-hydrogen) atoms. The van der Waals surface area contributed by atoms with Crippen molar-refractivity contribution in [1.29, 1.82) is 0 Å². The number of aromatic hydroxyl groups is 1. The van der Waals surface area contributed by atoms with Crippen LogP contribution in [-0.4, -0.2) is 23.8 Å². The second-order valence-corrected chi connectivity index (χ2v) is 5.28. The fourth-order valence-electron chi connectivity index (χ4n) is 1.80. The number of aryl methyl sites for hydroxylation is 1. The topological polar surface area (TPSA) is 84.1 Å². The van der Waals surface area contributed by atoms with E-state index >= 15 is 0 Å². The molecule has 0 aliphatic heterocycles. The van der Waals surface area contributed by atoms with Gasteiger partial charge in [0.15, 0.2) is 11.5 Å². The number of nitrogens with zero attached hydrogens (tertiary/aromatic N) is 1. The molecule has 6 nitrogen and oxygen atoms in total. The smallest absolute Gasteiger partial charge is 0.274 e. The third-order valence-electron chi connectivity index (χ3n) is 2.84. The lowest BCUT2D eigenvalue weighted by Crippen LogP contribution is -2.17. The molecular weight excluding hydrogens is 352 g/mol. The summed E-state index contributed by atoms with van der Waals surface area (Å²) in [5, 5.41) is 13.9. The number of hydrogen-bond donors (Lipinski definition) is 2. The van der Waals surface area contributed by atoms with Crippen molar-refractivity contribution in [2.75, 3.05) is 6.61 Å². The van der Waals surface area contributed by atoms with Gasteiger partial charge in [0, 0.05) is 10.0 Å². The lowest BCUT2D eigenvalue weighted by Gasteiger charge is -2.08. The molecule has 116 valence electrons. The summed E-state index contributed by atoms with van der Waals surface area (Å²) in [7, 11) is 0. The summed E-state index contributed by atoms with van der Waals surface area (Å²) in [4.78, 5) is 11.9. The first-order valence-electron chi connectivity index (χ1n) is 6.55. The van der Waals surface area contributed by atoms with E-state index in [9.17, 15) is 9.90 Å². The molecule has 7 heteroatoms. The molecule has 1 aromatic carbocycles. The highest BCUT2D eigenvalue weighted by Gasteiger charge is 2.11. The van der Waals surface area contributed by atoms with E-state index in [0.29, 0.717) is 29.2 Å². The molecule has 0 aliphatic rings. The molecule has 0 aliphatic carbocycles. The van der Waals surface area contributed by atoms with E-state index in [4.69, 9.17) is 9.15 Å². The molecule has 0 fully saturated rings. The average molecular weight is 367 g/mol. The van der Waals surface area contributed by atoms with Crippen LogP contribution in [-0.2, 0) is 0 Å². The van der Waals surface area contributed by atoms with Crippen LogP contribution in [0.15, 0.2) is 38.5 Å². The Morgan fingerprint density at radius 2 is 2.32 bits per heavy atom. The van der Waals surface area contributed by atoms with Crippen LogP contribution in [0.1, 0.15) is 28.6 Å². The number of carbonyl (C=O) groups is 1. The van der Waals surface area contributed by atoms with Gasteiger partial charge in [-0.25, -0.2) is 5.43 Å². The van der Waals surface area contributed by atoms with Gasteiger partial charge in [0.25, 0.3) is 5.91 Å². The molecule has 1 amide bonds. The molecule has 1 aromatic heterocycles. The van der Waals surface area contributed by atoms with Gasteiger partial charge in [0.05, 0.1) is 24.6 Å². The monoisotopic (exact) mass is 366 g/mol. The third-order valence-corrected chi connectivity index (χ3v) is 3.30. The van der Waals surface area contributed by atoms with Crippen molar-refractivity contribution >= 4 is 28.1 Å². The SMILES string of the molecule is CCOc1cc(Br)cc(C=NNC(=O)c2ccoc2C)c1O. The largest absolute Gasteiger partial charge is 0.504 e. The first-order valence-corrected chi connectivity index (χ1v) is 7.35. The molecule has 0 spiro atoms. The van der Waals surface area contributed by atoms with Gasteiger partial charge in [-0.1, -0.05) is 15.9 Å². The molecule has 0 unspecified atom stereocenters. The van der Waals surface area contributed by atoms with E-state index in [1.807, 2.05) is 6.92 Å². The Balaban J connectivity index is 2.13. The van der Waals surface area contributed by atoms with Crippen molar-refractivity contribution < 1.29 is 19.1 Å². The summed E-state index contributed by atoms with van der Waals surface area (Å²) in [5.74, 6) is 0.427. The van der Waals surface area contributed by atoms with Crippen LogP contribution in [0.5, 0.6) is 11.5 Å². The number of phenols is 1. The molecule has 0 saturated heterocycles. The average Bonchev–Trinajstić information content (AvgIpc) is 2.90. The first-order chi connectivity index (χ1) is 10.5. The molecule has 2 aromatic rings. The molecule has 0 atom stereocenters. The Kier molecular flexibility index (Phi) is 5.21. The Morgan fingerprint density at radius 3 is 2.95 bits per heavy atom. The van der Waals surface area contributed by atoms with Crippen LogP contribution in [0.4, 0.5) is 0 Å². The summed E-state index contributed by atoms with van der Waals surface area (Å²) in [6, 6.07) is 4.88. The van der Waals surface area contributed by atoms with Crippen molar-refractivity contribution in [2.45, 2.75) is 13.8 Å². The van der Waals surface area contributed by atoms with Gasteiger partial charge in [-0.3, -0.25) is 4.79 Å². The number of hydrogen-bond acceptors (Lipinski definition) is 5. The van der Waals surface area contributed by atoms with Crippen molar-refractivity contribution in [3.05, 3.63) is 45.8 Å². The van der Waals surface area contributed by atoms with Gasteiger partial charge in [-0.05, 0) is 32.0 Å². The molecule has 0 bridgehead atoms. The number of benzene rings is 1. The number of amides is 1. The summed E-state index contributed by atoms with van der Waals surface area (Å²) in [6.07, 6.45) is 2.78. The number of furan rings is 1. The molecule has 2 rings (SSSR count). The first kappa shape index (κ1) is 16.1. The quantitative estimate of drug-likeness (QED) is 0.628. The minimum atomic E-state index is -0.387. The number of carbonyl (C=O) groups excluding carboxylic acids is 1. The van der Waals surface area contributed by atoms with Gasteiger partial charge in [-0.15, -0.1) is 0 Å². The standard InChI is InChI=1S/C15H15BrN2O4/c1-3-21-13-7-11(16)6-10(14(13)19)8-17-18-15(20)12-4-5-22-9(12)2/h4-8,19H,3H2,1-2H3,(H,18,20). The zero-order chi connectivity index (χ0) is 16.1. The maximum absolute atomic E-state index is 11.9. The van der Waals surface area contributed by atoms with E-state index in [-0.39, 0.29) is 11.7 Å². The predicted molar refractivity (Wildman–Crippen MR) is 85.5 cm³/mol. The predicted octanol–water partition coefficient (Wildman–Crippen LogP) is 3.22. The third kappa shape index (κ3) is 3.67. The fraction of sp³-hybridized carbons (Fsp3) is 0.200. The lowest BCUT2D eigenvalue weighted by atomic mass is 10.2. The Labute approximate surface area is 135 Å². The molecular formula is C15H15BrN2O4. The summed E-state index contributed by atoms with van der Waals surface area (Å²) >= 11 is 3.33. The minimum absolute atomic E-state index is 0.0393. The van der Waals surface area contributed by atoms with Gasteiger partial charge >= 0.3 is 0 Å². The second-order valence-electron chi connectivity index (χ2n) is 4.36. The number of ether oxygens (including phenoxy) is 1. The van der Waals surface area contributed by atoms with Crippen molar-refractivity contribution in [2.24, 2.45) is 5.10 Å². The minimum Gasteiger partial charge on any atom is -0.504 e. The van der Waals surface area contributed by atoms with E-state index in [0.717, 1.165) is 4.47 Å². The van der Waals surface area contributed by atoms with Crippen molar-refractivity contribution in [1.82, 2.24) is 5.43 Å². The summed E-state index contributed by atoms with van der Waals surface area (Å²) in [5.41, 5.74) is 3.20. The van der Waals surface area contributed by atoms with Crippen LogP contribution < -0.4 is 10.2 Å². The van der Waals surface area contributed by atoms with Gasteiger partial charge in [0.1, 0.15) is 5.76 Å². The van der Waals surface area contributed by atoms with E-state index < -0.39 is 0 Å². The van der Waals surface area contributed by atoms with Crippen molar-refractivity contribution in [3.8, 4) is 11.5 Å². The fourth-order valence-corrected chi connectivity index (χ4v) is 2.25. The lowest BCUT2D eigenvalue weighted by molar-refractivity contribution is 0.0953. The summed E-state index contributed by atoms with van der Waals surface area (Å²) < 4.78 is 11.1. The van der Waals surface area contributed by atoms with Gasteiger partial charge < -0.3 is 14.3 Å². The Bertz CT molecular complexity index is 710.